The third-order valence-corrected chi connectivity index (χ3v) is 6.18. The van der Waals surface area contributed by atoms with Crippen molar-refractivity contribution in [3.63, 3.8) is 0 Å². The molecule has 188 valence electrons. The summed E-state index contributed by atoms with van der Waals surface area (Å²) >= 11 is 0. The highest BCUT2D eigenvalue weighted by molar-refractivity contribution is 6.05. The lowest BCUT2D eigenvalue weighted by molar-refractivity contribution is -0.116. The summed E-state index contributed by atoms with van der Waals surface area (Å²) < 4.78 is 0. The fourth-order valence-electron chi connectivity index (χ4n) is 4.26. The van der Waals surface area contributed by atoms with Crippen LogP contribution in [0.4, 0.5) is 17.2 Å². The van der Waals surface area contributed by atoms with Crippen molar-refractivity contribution in [1.82, 2.24) is 10.3 Å². The Labute approximate surface area is 221 Å². The molecule has 5 N–H and O–H groups in total. The van der Waals surface area contributed by atoms with Crippen LogP contribution in [0, 0.1) is 0 Å². The lowest BCUT2D eigenvalue weighted by Crippen LogP contribution is -2.27. The molecule has 38 heavy (non-hydrogen) atoms. The fourth-order valence-corrected chi connectivity index (χ4v) is 4.26. The smallest absolute Gasteiger partial charge is 0.257 e. The van der Waals surface area contributed by atoms with E-state index >= 15 is 0 Å². The van der Waals surface area contributed by atoms with Crippen molar-refractivity contribution in [2.24, 2.45) is 0 Å². The van der Waals surface area contributed by atoms with Gasteiger partial charge in [0.1, 0.15) is 5.82 Å². The third-order valence-electron chi connectivity index (χ3n) is 6.18. The van der Waals surface area contributed by atoms with Crippen LogP contribution in [0.5, 0.6) is 0 Å². The van der Waals surface area contributed by atoms with Crippen molar-refractivity contribution >= 4 is 40.7 Å². The van der Waals surface area contributed by atoms with Crippen LogP contribution < -0.4 is 21.7 Å². The molecule has 2 amide bonds. The van der Waals surface area contributed by atoms with E-state index in [1.807, 2.05) is 42.5 Å². The SMILES string of the molecule is Nc1ccccc1NC(=O)c1ccc(NCCNC(=O)C=C2C=Cc3ccccc3-c3ccccc32)nc1. The number of rotatable bonds is 7. The number of nitrogens with zero attached hydrogens (tertiary/aromatic N) is 1. The molecule has 4 aromatic rings. The highest BCUT2D eigenvalue weighted by Gasteiger charge is 2.14. The lowest BCUT2D eigenvalue weighted by atomic mass is 9.94. The number of aromatic nitrogens is 1. The molecule has 5 rings (SSSR count). The number of fused-ring (bicyclic) bond motifs is 3. The van der Waals surface area contributed by atoms with Gasteiger partial charge in [-0.1, -0.05) is 72.8 Å². The van der Waals surface area contributed by atoms with E-state index in [1.165, 1.54) is 6.20 Å². The van der Waals surface area contributed by atoms with Crippen LogP contribution in [0.2, 0.25) is 0 Å². The summed E-state index contributed by atoms with van der Waals surface area (Å²) in [6.45, 7) is 0.886. The van der Waals surface area contributed by atoms with E-state index in [9.17, 15) is 9.59 Å². The number of nitrogens with one attached hydrogen (secondary N) is 3. The molecule has 0 radical (unpaired) electrons. The average Bonchev–Trinajstić information content (AvgIpc) is 3.10. The summed E-state index contributed by atoms with van der Waals surface area (Å²) in [5.41, 5.74) is 12.6. The number of hydrogen-bond acceptors (Lipinski definition) is 5. The van der Waals surface area contributed by atoms with Gasteiger partial charge in [-0.3, -0.25) is 9.59 Å². The Hall–Kier alpha value is -5.17. The van der Waals surface area contributed by atoms with Crippen LogP contribution in [0.15, 0.2) is 103 Å². The van der Waals surface area contributed by atoms with Crippen LogP contribution in [-0.4, -0.2) is 29.9 Å². The Morgan fingerprint density at radius 1 is 0.789 bits per heavy atom. The van der Waals surface area contributed by atoms with E-state index in [4.69, 9.17) is 5.73 Å². The van der Waals surface area contributed by atoms with Gasteiger partial charge in [0.15, 0.2) is 0 Å². The van der Waals surface area contributed by atoms with Gasteiger partial charge in [0.2, 0.25) is 5.91 Å². The first-order valence-corrected chi connectivity index (χ1v) is 12.3. The first kappa shape index (κ1) is 24.5. The average molecular weight is 502 g/mol. The maximum Gasteiger partial charge on any atom is 0.257 e. The van der Waals surface area contributed by atoms with E-state index in [2.05, 4.69) is 39.1 Å². The number of benzene rings is 3. The highest BCUT2D eigenvalue weighted by Crippen LogP contribution is 2.35. The molecule has 7 nitrogen and oxygen atoms in total. The Morgan fingerprint density at radius 2 is 1.53 bits per heavy atom. The van der Waals surface area contributed by atoms with Gasteiger partial charge in [-0.15, -0.1) is 0 Å². The quantitative estimate of drug-likeness (QED) is 0.158. The van der Waals surface area contributed by atoms with Crippen LogP contribution >= 0.6 is 0 Å². The molecule has 1 heterocycles. The van der Waals surface area contributed by atoms with Gasteiger partial charge in [0.25, 0.3) is 5.91 Å². The minimum Gasteiger partial charge on any atom is -0.397 e. The molecule has 0 atom stereocenters. The van der Waals surface area contributed by atoms with Gasteiger partial charge in [0, 0.05) is 25.4 Å². The summed E-state index contributed by atoms with van der Waals surface area (Å²) in [5, 5.41) is 8.85. The molecule has 0 fully saturated rings. The van der Waals surface area contributed by atoms with Crippen LogP contribution in [0.3, 0.4) is 0 Å². The minimum absolute atomic E-state index is 0.174. The van der Waals surface area contributed by atoms with E-state index < -0.39 is 0 Å². The monoisotopic (exact) mass is 501 g/mol. The molecule has 1 aromatic heterocycles. The fraction of sp³-hybridized carbons (Fsp3) is 0.0645. The second-order valence-corrected chi connectivity index (χ2v) is 8.76. The molecule has 0 spiro atoms. The number of amides is 2. The van der Waals surface area contributed by atoms with Crippen molar-refractivity contribution in [2.45, 2.75) is 0 Å². The summed E-state index contributed by atoms with van der Waals surface area (Å²) in [5.74, 6) is 0.138. The number of nitrogen functional groups attached to an aromatic ring is 1. The van der Waals surface area contributed by atoms with Gasteiger partial charge in [-0.05, 0) is 52.1 Å². The summed E-state index contributed by atoms with van der Waals surface area (Å²) in [6, 6.07) is 26.8. The number of carbonyl (C=O) groups is 2. The van der Waals surface area contributed by atoms with E-state index in [0.717, 1.165) is 27.8 Å². The molecule has 1 aliphatic rings. The van der Waals surface area contributed by atoms with Gasteiger partial charge < -0.3 is 21.7 Å². The number of para-hydroxylation sites is 2. The number of carbonyl (C=O) groups excluding carboxylic acids is 2. The zero-order valence-electron chi connectivity index (χ0n) is 20.6. The Morgan fingerprint density at radius 3 is 2.32 bits per heavy atom. The van der Waals surface area contributed by atoms with Crippen LogP contribution in [0.25, 0.3) is 22.8 Å². The first-order chi connectivity index (χ1) is 18.6. The summed E-state index contributed by atoms with van der Waals surface area (Å²) in [7, 11) is 0. The maximum atomic E-state index is 12.7. The second kappa shape index (κ2) is 11.3. The highest BCUT2D eigenvalue weighted by atomic mass is 16.2. The van der Waals surface area contributed by atoms with Crippen molar-refractivity contribution in [1.29, 1.82) is 0 Å². The number of nitrogens with two attached hydrogens (primary N) is 1. The normalized spacial score (nSPS) is 12.7. The summed E-state index contributed by atoms with van der Waals surface area (Å²) in [4.78, 5) is 29.4. The van der Waals surface area contributed by atoms with E-state index in [1.54, 1.807) is 42.5 Å². The van der Waals surface area contributed by atoms with Gasteiger partial charge in [-0.25, -0.2) is 4.98 Å². The molecular weight excluding hydrogens is 474 g/mol. The molecule has 1 aliphatic carbocycles. The molecule has 0 saturated heterocycles. The maximum absolute atomic E-state index is 12.7. The van der Waals surface area contributed by atoms with Crippen molar-refractivity contribution in [2.75, 3.05) is 29.5 Å². The number of pyridine rings is 1. The van der Waals surface area contributed by atoms with Crippen molar-refractivity contribution in [3.05, 3.63) is 120 Å². The van der Waals surface area contributed by atoms with Crippen LogP contribution in [0.1, 0.15) is 21.5 Å². The lowest BCUT2D eigenvalue weighted by Gasteiger charge is -2.11. The Balaban J connectivity index is 1.15. The molecule has 3 aromatic carbocycles. The van der Waals surface area contributed by atoms with Gasteiger partial charge in [0.05, 0.1) is 16.9 Å². The molecule has 0 aliphatic heterocycles. The number of hydrogen-bond donors (Lipinski definition) is 4. The molecular formula is C31H27N5O2. The summed E-state index contributed by atoms with van der Waals surface area (Å²) in [6.07, 6.45) is 7.15. The van der Waals surface area contributed by atoms with E-state index in [-0.39, 0.29) is 11.8 Å². The number of anilines is 3. The van der Waals surface area contributed by atoms with Gasteiger partial charge in [-0.2, -0.15) is 0 Å². The predicted octanol–water partition coefficient (Wildman–Crippen LogP) is 5.22. The Bertz CT molecular complexity index is 1540. The second-order valence-electron chi connectivity index (χ2n) is 8.76. The Kier molecular flexibility index (Phi) is 7.27. The van der Waals surface area contributed by atoms with Gasteiger partial charge >= 0.3 is 0 Å². The van der Waals surface area contributed by atoms with Crippen LogP contribution in [-0.2, 0) is 4.79 Å². The zero-order valence-corrected chi connectivity index (χ0v) is 20.6. The topological polar surface area (TPSA) is 109 Å². The van der Waals surface area contributed by atoms with Crippen molar-refractivity contribution in [3.8, 4) is 11.1 Å². The zero-order chi connectivity index (χ0) is 26.3. The predicted molar refractivity (Wildman–Crippen MR) is 153 cm³/mol. The molecule has 7 heteroatoms. The third kappa shape index (κ3) is 5.63. The molecule has 0 bridgehead atoms. The standard InChI is InChI=1S/C31H27N5O2/c32-27-11-5-6-12-28(27)36-31(38)23-15-16-29(35-20-23)33-17-18-34-30(37)19-22-14-13-21-7-1-2-8-24(21)26-10-4-3-9-25(22)26/h1-16,19-20H,17-18,32H2,(H,33,35)(H,34,37)(H,36,38). The van der Waals surface area contributed by atoms with E-state index in [0.29, 0.717) is 35.8 Å². The first-order valence-electron chi connectivity index (χ1n) is 12.3. The number of allylic oxidation sites excluding steroid dienone is 2. The minimum atomic E-state index is -0.292. The molecule has 0 unspecified atom stereocenters. The van der Waals surface area contributed by atoms with Crippen molar-refractivity contribution < 1.29 is 9.59 Å². The largest absolute Gasteiger partial charge is 0.397 e. The molecule has 0 saturated carbocycles.